The SMILES string of the molecule is Cc1cc(C)cc(C2CCCN2C(=O)C(=O)c2cnn(-c3ccccc3)c2)c1. The van der Waals surface area contributed by atoms with Crippen molar-refractivity contribution in [3.05, 3.63) is 83.2 Å². The highest BCUT2D eigenvalue weighted by Gasteiger charge is 2.34. The highest BCUT2D eigenvalue weighted by Crippen LogP contribution is 2.33. The van der Waals surface area contributed by atoms with Crippen molar-refractivity contribution in [3.63, 3.8) is 0 Å². The summed E-state index contributed by atoms with van der Waals surface area (Å²) in [5, 5.41) is 4.24. The first-order chi connectivity index (χ1) is 13.5. The first kappa shape index (κ1) is 18.2. The fourth-order valence-electron chi connectivity index (χ4n) is 3.97. The van der Waals surface area contributed by atoms with Gasteiger partial charge < -0.3 is 4.90 Å². The predicted octanol–water partition coefficient (Wildman–Crippen LogP) is 4.04. The van der Waals surface area contributed by atoms with Gasteiger partial charge in [0, 0.05) is 12.7 Å². The first-order valence-electron chi connectivity index (χ1n) is 9.56. The number of benzene rings is 2. The lowest BCUT2D eigenvalue weighted by Crippen LogP contribution is -2.36. The Hall–Kier alpha value is -3.21. The molecule has 0 bridgehead atoms. The number of carbonyl (C=O) groups is 2. The van der Waals surface area contributed by atoms with Crippen LogP contribution in [0.2, 0.25) is 0 Å². The van der Waals surface area contributed by atoms with Gasteiger partial charge in [-0.05, 0) is 44.4 Å². The number of likely N-dealkylation sites (tertiary alicyclic amines) is 1. The molecule has 142 valence electrons. The summed E-state index contributed by atoms with van der Waals surface area (Å²) in [6, 6.07) is 15.8. The van der Waals surface area contributed by atoms with Crippen molar-refractivity contribution < 1.29 is 9.59 Å². The molecule has 1 aliphatic heterocycles. The Bertz CT molecular complexity index is 1000. The van der Waals surface area contributed by atoms with Crippen molar-refractivity contribution >= 4 is 11.7 Å². The van der Waals surface area contributed by atoms with Gasteiger partial charge in [0.2, 0.25) is 0 Å². The van der Waals surface area contributed by atoms with Crippen molar-refractivity contribution in [1.82, 2.24) is 14.7 Å². The molecule has 0 spiro atoms. The van der Waals surface area contributed by atoms with E-state index >= 15 is 0 Å². The Morgan fingerprint density at radius 3 is 2.46 bits per heavy atom. The fraction of sp³-hybridized carbons (Fsp3) is 0.261. The van der Waals surface area contributed by atoms with Gasteiger partial charge in [0.1, 0.15) is 0 Å². The van der Waals surface area contributed by atoms with E-state index in [0.29, 0.717) is 12.1 Å². The van der Waals surface area contributed by atoms with Crippen molar-refractivity contribution in [2.45, 2.75) is 32.7 Å². The van der Waals surface area contributed by atoms with E-state index in [1.807, 2.05) is 30.3 Å². The maximum Gasteiger partial charge on any atom is 0.295 e. The minimum absolute atomic E-state index is 0.0424. The number of Topliss-reactive ketones (excluding diaryl/α,β-unsaturated/α-hetero) is 1. The first-order valence-corrected chi connectivity index (χ1v) is 9.56. The fourth-order valence-corrected chi connectivity index (χ4v) is 3.97. The number of hydrogen-bond acceptors (Lipinski definition) is 3. The summed E-state index contributed by atoms with van der Waals surface area (Å²) >= 11 is 0. The highest BCUT2D eigenvalue weighted by atomic mass is 16.2. The number of aromatic nitrogens is 2. The van der Waals surface area contributed by atoms with Gasteiger partial charge in [-0.25, -0.2) is 4.68 Å². The van der Waals surface area contributed by atoms with E-state index in [0.717, 1.165) is 24.1 Å². The number of hydrogen-bond donors (Lipinski definition) is 0. The molecule has 1 fully saturated rings. The number of nitrogens with zero attached hydrogens (tertiary/aromatic N) is 3. The van der Waals surface area contributed by atoms with Crippen LogP contribution < -0.4 is 0 Å². The van der Waals surface area contributed by atoms with Gasteiger partial charge >= 0.3 is 0 Å². The summed E-state index contributed by atoms with van der Waals surface area (Å²) in [6.45, 7) is 4.72. The van der Waals surface area contributed by atoms with Crippen LogP contribution >= 0.6 is 0 Å². The van der Waals surface area contributed by atoms with Crippen LogP contribution in [0.1, 0.15) is 45.9 Å². The molecule has 28 heavy (non-hydrogen) atoms. The number of ketones is 1. The Balaban J connectivity index is 1.56. The Morgan fingerprint density at radius 2 is 1.75 bits per heavy atom. The number of aryl methyl sites for hydroxylation is 2. The van der Waals surface area contributed by atoms with Crippen molar-refractivity contribution in [1.29, 1.82) is 0 Å². The standard InChI is InChI=1S/C23H23N3O2/c1-16-11-17(2)13-18(12-16)21-9-6-10-25(21)23(28)22(27)19-14-24-26(15-19)20-7-4-3-5-8-20/h3-5,7-8,11-15,21H,6,9-10H2,1-2H3. The molecule has 1 aliphatic rings. The third-order valence-corrected chi connectivity index (χ3v) is 5.20. The topological polar surface area (TPSA) is 55.2 Å². The minimum atomic E-state index is -0.501. The van der Waals surface area contributed by atoms with E-state index in [1.165, 1.54) is 17.3 Å². The van der Waals surface area contributed by atoms with Gasteiger partial charge in [-0.15, -0.1) is 0 Å². The highest BCUT2D eigenvalue weighted by molar-refractivity contribution is 6.42. The zero-order valence-electron chi connectivity index (χ0n) is 16.1. The molecule has 1 amide bonds. The van der Waals surface area contributed by atoms with Crippen molar-refractivity contribution in [2.75, 3.05) is 6.54 Å². The van der Waals surface area contributed by atoms with Crippen molar-refractivity contribution in [2.24, 2.45) is 0 Å². The molecule has 1 atom stereocenters. The van der Waals surface area contributed by atoms with E-state index < -0.39 is 11.7 Å². The maximum atomic E-state index is 13.0. The van der Waals surface area contributed by atoms with Crippen LogP contribution in [0.3, 0.4) is 0 Å². The third kappa shape index (κ3) is 3.48. The lowest BCUT2D eigenvalue weighted by Gasteiger charge is -2.25. The molecule has 0 N–H and O–H groups in total. The molecule has 2 heterocycles. The third-order valence-electron chi connectivity index (χ3n) is 5.20. The average Bonchev–Trinajstić information content (AvgIpc) is 3.36. The molecule has 0 radical (unpaired) electrons. The number of rotatable bonds is 4. The molecule has 5 heteroatoms. The number of para-hydroxylation sites is 1. The van der Waals surface area contributed by atoms with Crippen LogP contribution in [0, 0.1) is 13.8 Å². The summed E-state index contributed by atoms with van der Waals surface area (Å²) in [5.41, 5.74) is 4.62. The molecule has 1 saturated heterocycles. The van der Waals surface area contributed by atoms with Gasteiger partial charge in [0.15, 0.2) is 0 Å². The Kier molecular flexibility index (Phi) is 4.82. The number of amides is 1. The smallest absolute Gasteiger partial charge is 0.295 e. The Labute approximate surface area is 164 Å². The maximum absolute atomic E-state index is 13.0. The van der Waals surface area contributed by atoms with Crippen LogP contribution in [0.5, 0.6) is 0 Å². The van der Waals surface area contributed by atoms with Gasteiger partial charge in [-0.3, -0.25) is 9.59 Å². The second-order valence-electron chi connectivity index (χ2n) is 7.42. The largest absolute Gasteiger partial charge is 0.329 e. The minimum Gasteiger partial charge on any atom is -0.329 e. The van der Waals surface area contributed by atoms with Crippen molar-refractivity contribution in [3.8, 4) is 5.69 Å². The summed E-state index contributed by atoms with van der Waals surface area (Å²) in [7, 11) is 0. The summed E-state index contributed by atoms with van der Waals surface area (Å²) in [5.74, 6) is -0.951. The monoisotopic (exact) mass is 373 g/mol. The van der Waals surface area contributed by atoms with Gasteiger partial charge in [0.25, 0.3) is 11.7 Å². The van der Waals surface area contributed by atoms with E-state index in [4.69, 9.17) is 0 Å². The Morgan fingerprint density at radius 1 is 1.04 bits per heavy atom. The lowest BCUT2D eigenvalue weighted by atomic mass is 9.99. The van der Waals surface area contributed by atoms with Crippen LogP contribution in [-0.4, -0.2) is 32.9 Å². The molecular formula is C23H23N3O2. The van der Waals surface area contributed by atoms with Crippen LogP contribution in [0.4, 0.5) is 0 Å². The summed E-state index contributed by atoms with van der Waals surface area (Å²) in [4.78, 5) is 27.5. The van der Waals surface area contributed by atoms with Crippen LogP contribution in [0.25, 0.3) is 5.69 Å². The normalized spacial score (nSPS) is 16.4. The van der Waals surface area contributed by atoms with E-state index in [1.54, 1.807) is 15.8 Å². The molecule has 2 aromatic carbocycles. The second kappa shape index (κ2) is 7.43. The molecule has 0 saturated carbocycles. The van der Waals surface area contributed by atoms with Gasteiger partial charge in [-0.1, -0.05) is 47.5 Å². The van der Waals surface area contributed by atoms with E-state index in [2.05, 4.69) is 37.1 Å². The molecule has 1 aromatic heterocycles. The lowest BCUT2D eigenvalue weighted by molar-refractivity contribution is -0.127. The molecular weight excluding hydrogens is 350 g/mol. The zero-order chi connectivity index (χ0) is 19.7. The van der Waals surface area contributed by atoms with E-state index in [-0.39, 0.29) is 6.04 Å². The summed E-state index contributed by atoms with van der Waals surface area (Å²) < 4.78 is 1.62. The quantitative estimate of drug-likeness (QED) is 0.512. The van der Waals surface area contributed by atoms with Gasteiger partial charge in [-0.2, -0.15) is 5.10 Å². The molecule has 3 aromatic rings. The zero-order valence-corrected chi connectivity index (χ0v) is 16.1. The molecule has 1 unspecified atom stereocenters. The van der Waals surface area contributed by atoms with Crippen LogP contribution in [0.15, 0.2) is 60.9 Å². The van der Waals surface area contributed by atoms with E-state index in [9.17, 15) is 9.59 Å². The second-order valence-corrected chi connectivity index (χ2v) is 7.42. The molecule has 4 rings (SSSR count). The summed E-state index contributed by atoms with van der Waals surface area (Å²) in [6.07, 6.45) is 4.87. The predicted molar refractivity (Wildman–Crippen MR) is 107 cm³/mol. The number of carbonyl (C=O) groups excluding carboxylic acids is 2. The molecule has 0 aliphatic carbocycles. The van der Waals surface area contributed by atoms with Gasteiger partial charge in [0.05, 0.1) is 23.5 Å². The molecule has 5 nitrogen and oxygen atoms in total. The van der Waals surface area contributed by atoms with Crippen LogP contribution in [-0.2, 0) is 4.79 Å². The average molecular weight is 373 g/mol.